The van der Waals surface area contributed by atoms with Gasteiger partial charge in [0.1, 0.15) is 17.9 Å². The summed E-state index contributed by atoms with van der Waals surface area (Å²) in [5.74, 6) is -6.19. The molecule has 74 heavy (non-hydrogen) atoms. The van der Waals surface area contributed by atoms with Gasteiger partial charge in [-0.1, -0.05) is 42.5 Å². The van der Waals surface area contributed by atoms with E-state index in [9.17, 15) is 63.3 Å². The normalized spacial score (nSPS) is 18.8. The summed E-state index contributed by atoms with van der Waals surface area (Å²) in [6.07, 6.45) is 2.67. The molecule has 0 aromatic heterocycles. The average Bonchev–Trinajstić information content (AvgIpc) is 3.34. The van der Waals surface area contributed by atoms with Crippen LogP contribution in [0.1, 0.15) is 77.2 Å². The Labute approximate surface area is 431 Å². The third kappa shape index (κ3) is 22.7. The van der Waals surface area contributed by atoms with Crippen molar-refractivity contribution >= 4 is 70.0 Å². The minimum atomic E-state index is -1.32. The smallest absolute Gasteiger partial charge is 0.326 e. The number of nitrogens with zero attached hydrogens (tertiary/aromatic N) is 4. The molecule has 3 atom stereocenters. The first kappa shape index (κ1) is 60.0. The van der Waals surface area contributed by atoms with Gasteiger partial charge < -0.3 is 47.0 Å². The van der Waals surface area contributed by atoms with E-state index in [2.05, 4.69) is 26.6 Å². The molecule has 2 fully saturated rings. The molecule has 23 nitrogen and oxygen atoms in total. The predicted molar refractivity (Wildman–Crippen MR) is 271 cm³/mol. The van der Waals surface area contributed by atoms with E-state index in [1.54, 1.807) is 9.80 Å². The van der Waals surface area contributed by atoms with Crippen molar-refractivity contribution in [2.24, 2.45) is 11.8 Å². The number of benzene rings is 2. The van der Waals surface area contributed by atoms with Crippen molar-refractivity contribution in [1.82, 2.24) is 46.2 Å². The van der Waals surface area contributed by atoms with E-state index in [0.29, 0.717) is 91.0 Å². The summed E-state index contributed by atoms with van der Waals surface area (Å²) in [5.41, 5.74) is 0.829. The second-order valence-electron chi connectivity index (χ2n) is 19.5. The Hall–Kier alpha value is -6.56. The van der Waals surface area contributed by atoms with Crippen molar-refractivity contribution in [3.8, 4) is 0 Å². The van der Waals surface area contributed by atoms with Gasteiger partial charge in [-0.25, -0.2) is 9.59 Å². The number of carboxylic acids is 4. The van der Waals surface area contributed by atoms with E-state index < -0.39 is 59.7 Å². The van der Waals surface area contributed by atoms with Crippen LogP contribution in [-0.2, 0) is 49.6 Å². The van der Waals surface area contributed by atoms with Crippen molar-refractivity contribution in [1.29, 1.82) is 0 Å². The van der Waals surface area contributed by atoms with Crippen LogP contribution in [-0.4, -0.2) is 209 Å². The predicted octanol–water partition coefficient (Wildman–Crippen LogP) is 0.631. The van der Waals surface area contributed by atoms with Crippen molar-refractivity contribution in [2.75, 3.05) is 91.6 Å². The summed E-state index contributed by atoms with van der Waals surface area (Å²) in [6.45, 7) is 5.92. The Balaban J connectivity index is 1.30. The molecule has 2 aliphatic rings. The number of hydrogen-bond donors (Lipinski definition) is 9. The average molecular weight is 1040 g/mol. The van der Waals surface area contributed by atoms with Crippen molar-refractivity contribution in [3.63, 3.8) is 0 Å². The quantitative estimate of drug-likeness (QED) is 0.0554. The molecule has 1 saturated heterocycles. The summed E-state index contributed by atoms with van der Waals surface area (Å²) in [7, 11) is 0. The van der Waals surface area contributed by atoms with Crippen molar-refractivity contribution < 1.29 is 68.4 Å². The van der Waals surface area contributed by atoms with Gasteiger partial charge in [0.2, 0.25) is 17.7 Å². The lowest BCUT2D eigenvalue weighted by atomic mass is 9.81. The number of nitrogens with one attached hydrogen (secondary N) is 5. The number of fused-ring (bicyclic) bond motifs is 1. The largest absolute Gasteiger partial charge is 0.481 e. The van der Waals surface area contributed by atoms with E-state index in [4.69, 9.17) is 5.11 Å². The molecule has 0 unspecified atom stereocenters. The minimum Gasteiger partial charge on any atom is -0.481 e. The monoisotopic (exact) mass is 1040 g/mol. The molecule has 5 amide bonds. The van der Waals surface area contributed by atoms with Gasteiger partial charge in [0.05, 0.1) is 32.2 Å². The zero-order valence-corrected chi connectivity index (χ0v) is 42.6. The summed E-state index contributed by atoms with van der Waals surface area (Å²) >= 11 is 0. The van der Waals surface area contributed by atoms with Crippen LogP contribution in [0.2, 0.25) is 0 Å². The molecule has 1 saturated carbocycles. The zero-order valence-electron chi connectivity index (χ0n) is 42.6. The third-order valence-corrected chi connectivity index (χ3v) is 13.4. The van der Waals surface area contributed by atoms with E-state index in [0.717, 1.165) is 16.3 Å². The molecule has 4 rings (SSSR count). The second-order valence-corrected chi connectivity index (χ2v) is 19.5. The van der Waals surface area contributed by atoms with Crippen LogP contribution in [0.4, 0.5) is 4.79 Å². The highest BCUT2D eigenvalue weighted by atomic mass is 16.4. The Bertz CT molecular complexity index is 2220. The molecule has 408 valence electrons. The highest BCUT2D eigenvalue weighted by Gasteiger charge is 2.31. The van der Waals surface area contributed by atoms with E-state index in [1.807, 2.05) is 52.3 Å². The van der Waals surface area contributed by atoms with Crippen LogP contribution in [0, 0.1) is 11.8 Å². The maximum Gasteiger partial charge on any atom is 0.326 e. The summed E-state index contributed by atoms with van der Waals surface area (Å²) in [6, 6.07) is 9.31. The van der Waals surface area contributed by atoms with Crippen molar-refractivity contribution in [2.45, 2.75) is 96.2 Å². The fourth-order valence-electron chi connectivity index (χ4n) is 9.22. The molecule has 9 N–H and O–H groups in total. The maximum absolute atomic E-state index is 13.9. The molecule has 1 aliphatic carbocycles. The van der Waals surface area contributed by atoms with Gasteiger partial charge in [0, 0.05) is 84.2 Å². The molecule has 0 bridgehead atoms. The van der Waals surface area contributed by atoms with Crippen LogP contribution in [0.15, 0.2) is 42.5 Å². The molecule has 1 aliphatic heterocycles. The Kier molecular flexibility index (Phi) is 25.3. The first-order valence-electron chi connectivity index (χ1n) is 25.4. The Morgan fingerprint density at radius 3 is 1.68 bits per heavy atom. The Morgan fingerprint density at radius 2 is 1.14 bits per heavy atom. The number of carbonyl (C=O) groups is 10. The number of hydrogen-bond acceptors (Lipinski definition) is 14. The maximum atomic E-state index is 13.9. The standard InChI is InChI=1S/C51H75N9O14/c1-34(61)30-57-19-21-58(22-24-60(33-47(68)69)26-25-59(23-20-57)32-46(66)67)31-44(63)53-29-36-10-14-39(15-11-36)48(70)54-43(28-37-12-13-38-7-3-4-8-40(38)27-37)49(71)52-18-6-5-9-42(50(72)73)56-51(74)55-41(35(2)62)16-17-45(64)65/h3-4,7-8,12-13,27,36,39,41-43H,5-6,9-11,14-26,28-33H2,1-2H3,(H,52,71)(H,53,63)(H,54,70)(H,64,65)(H,66,67)(H,68,69)(H,72,73)(H2,55,56,74)/t36?,39?,41-,42-,43-/m0/s1. The lowest BCUT2D eigenvalue weighted by Gasteiger charge is -2.33. The fraction of sp³-hybridized carbons (Fsp3) is 0.608. The summed E-state index contributed by atoms with van der Waals surface area (Å²) in [4.78, 5) is 131. The fourth-order valence-corrected chi connectivity index (χ4v) is 9.22. The summed E-state index contributed by atoms with van der Waals surface area (Å²) < 4.78 is 0. The second kappa shape index (κ2) is 31.2. The number of Topliss-reactive ketones (excluding diaryl/α,β-unsaturated/α-hetero) is 2. The molecule has 0 spiro atoms. The number of unbranched alkanes of at least 4 members (excludes halogenated alkanes) is 1. The van der Waals surface area contributed by atoms with Gasteiger partial charge in [-0.05, 0) is 87.5 Å². The zero-order chi connectivity index (χ0) is 54.2. The summed E-state index contributed by atoms with van der Waals surface area (Å²) in [5, 5.41) is 53.2. The van der Waals surface area contributed by atoms with Crippen LogP contribution < -0.4 is 26.6 Å². The third-order valence-electron chi connectivity index (χ3n) is 13.4. The lowest BCUT2D eigenvalue weighted by Crippen LogP contribution is -2.51. The van der Waals surface area contributed by atoms with Gasteiger partial charge in [0.25, 0.3) is 0 Å². The number of rotatable bonds is 27. The Morgan fingerprint density at radius 1 is 0.581 bits per heavy atom. The van der Waals surface area contributed by atoms with Gasteiger partial charge in [-0.3, -0.25) is 58.0 Å². The van der Waals surface area contributed by atoms with Gasteiger partial charge in [0.15, 0.2) is 5.78 Å². The van der Waals surface area contributed by atoms with Crippen molar-refractivity contribution in [3.05, 3.63) is 48.0 Å². The van der Waals surface area contributed by atoms with Gasteiger partial charge >= 0.3 is 29.9 Å². The molecular formula is C51H75N9O14. The molecule has 2 aromatic carbocycles. The topological polar surface area (TPSA) is 325 Å². The highest BCUT2D eigenvalue weighted by molar-refractivity contribution is 5.90. The van der Waals surface area contributed by atoms with E-state index in [-0.39, 0.29) is 94.3 Å². The molecule has 0 radical (unpaired) electrons. The van der Waals surface area contributed by atoms with Gasteiger partial charge in [-0.2, -0.15) is 0 Å². The van der Waals surface area contributed by atoms with Gasteiger partial charge in [-0.15, -0.1) is 0 Å². The SMILES string of the molecule is CC(=O)CN1CCN(CC(=O)O)CCN(CC(=O)O)CCN(CC(=O)NCC2CCC(C(=O)N[C@@H](Cc3ccc4ccccc4c3)C(=O)NCCCC[C@H](NC(=O)N[C@@H](CCC(=O)O)C(C)=O)C(=O)O)CC2)CC1. The minimum absolute atomic E-state index is 0.00330. The molecule has 23 heteroatoms. The first-order chi connectivity index (χ1) is 35.2. The number of carboxylic acid groups (broad SMARTS) is 4. The first-order valence-corrected chi connectivity index (χ1v) is 25.4. The number of urea groups is 1. The number of ketones is 2. The number of aliphatic carboxylic acids is 4. The lowest BCUT2D eigenvalue weighted by molar-refractivity contribution is -0.140. The van der Waals surface area contributed by atoms with Crippen LogP contribution in [0.3, 0.4) is 0 Å². The van der Waals surface area contributed by atoms with E-state index >= 15 is 0 Å². The number of amides is 5. The van der Waals surface area contributed by atoms with E-state index in [1.165, 1.54) is 13.8 Å². The van der Waals surface area contributed by atoms with Crippen LogP contribution in [0.25, 0.3) is 10.8 Å². The molecule has 1 heterocycles. The van der Waals surface area contributed by atoms with Crippen LogP contribution >= 0.6 is 0 Å². The number of carbonyl (C=O) groups excluding carboxylic acids is 6. The highest BCUT2D eigenvalue weighted by Crippen LogP contribution is 2.29. The molecule has 2 aromatic rings. The molecular weight excluding hydrogens is 963 g/mol. The van der Waals surface area contributed by atoms with Crippen LogP contribution in [0.5, 0.6) is 0 Å².